The van der Waals surface area contributed by atoms with Gasteiger partial charge in [-0.25, -0.2) is 0 Å². The van der Waals surface area contributed by atoms with Crippen molar-refractivity contribution in [2.75, 3.05) is 0 Å². The first kappa shape index (κ1) is 31.7. The lowest BCUT2D eigenvalue weighted by Crippen LogP contribution is -2.33. The fraction of sp³-hybridized carbons (Fsp3) is 0.727. The monoisotopic (exact) mass is 481 g/mol. The lowest BCUT2D eigenvalue weighted by Gasteiger charge is -2.40. The molecule has 0 radical (unpaired) electrons. The number of hydrogen-bond acceptors (Lipinski definition) is 0. The summed E-state index contributed by atoms with van der Waals surface area (Å²) in [5, 5.41) is 1.34. The smallest absolute Gasteiger partial charge is 0.198 e. The predicted molar refractivity (Wildman–Crippen MR) is 162 cm³/mol. The van der Waals surface area contributed by atoms with Gasteiger partial charge in [0.15, 0.2) is 6.20 Å². The van der Waals surface area contributed by atoms with E-state index in [1.807, 2.05) is 0 Å². The standard InChI is InChI=1S/C17H24N.C16H36B/c1-2-3-4-5-6-9-14-18-15-10-12-16-11-7-8-13-17(16)18;1-5-9-13-17(14-10-6-2,15-11-7-3)16-12-8-4/h7-8,10-13,15H,2-6,9,14H2,1H3;5-16H2,1-4H3/q+1;-1. The molecule has 2 aromatic rings. The number of pyridine rings is 1. The average Bonchev–Trinajstić information content (AvgIpc) is 2.90. The Hall–Kier alpha value is -1.31. The molecule has 0 aliphatic rings. The van der Waals surface area contributed by atoms with Crippen molar-refractivity contribution < 1.29 is 4.57 Å². The highest BCUT2D eigenvalue weighted by Gasteiger charge is 2.22. The van der Waals surface area contributed by atoms with Crippen molar-refractivity contribution in [3.05, 3.63) is 42.6 Å². The molecule has 0 fully saturated rings. The molecule has 2 rings (SSSR count). The lowest BCUT2D eigenvalue weighted by molar-refractivity contribution is -0.671. The van der Waals surface area contributed by atoms with Crippen LogP contribution in [0.2, 0.25) is 25.3 Å². The fourth-order valence-electron chi connectivity index (χ4n) is 5.89. The molecule has 0 unspecified atom stereocenters. The molecule has 0 atom stereocenters. The SMILES string of the molecule is CCCCCCCC[n+]1cccc2ccccc21.CCCC[B-](CCCC)(CCCC)CCCC. The van der Waals surface area contributed by atoms with Gasteiger partial charge in [-0.2, -0.15) is 29.8 Å². The summed E-state index contributed by atoms with van der Waals surface area (Å²) in [4.78, 5) is 0. The van der Waals surface area contributed by atoms with Crippen LogP contribution in [0.25, 0.3) is 10.9 Å². The van der Waals surface area contributed by atoms with Crippen LogP contribution in [0.1, 0.15) is 125 Å². The van der Waals surface area contributed by atoms with Gasteiger partial charge in [-0.05, 0) is 18.6 Å². The first-order chi connectivity index (χ1) is 17.2. The van der Waals surface area contributed by atoms with E-state index in [1.54, 1.807) is 25.3 Å². The van der Waals surface area contributed by atoms with E-state index in [9.17, 15) is 0 Å². The number of unbranched alkanes of at least 4 members (excludes halogenated alkanes) is 9. The maximum absolute atomic E-state index is 2.38. The summed E-state index contributed by atoms with van der Waals surface area (Å²) in [5.41, 5.74) is 1.36. The first-order valence-corrected chi connectivity index (χ1v) is 15.7. The fourth-order valence-corrected chi connectivity index (χ4v) is 5.89. The number of hydrogen-bond donors (Lipinski definition) is 0. The van der Waals surface area contributed by atoms with Gasteiger partial charge in [0.25, 0.3) is 0 Å². The third-order valence-corrected chi connectivity index (χ3v) is 8.22. The quantitative estimate of drug-likeness (QED) is 0.107. The average molecular weight is 482 g/mol. The van der Waals surface area contributed by atoms with Crippen LogP contribution in [0.5, 0.6) is 0 Å². The van der Waals surface area contributed by atoms with Crippen molar-refractivity contribution in [1.82, 2.24) is 0 Å². The van der Waals surface area contributed by atoms with E-state index >= 15 is 0 Å². The zero-order chi connectivity index (χ0) is 25.6. The molecule has 0 aliphatic heterocycles. The molecule has 0 N–H and O–H groups in total. The van der Waals surface area contributed by atoms with Gasteiger partial charge in [0, 0.05) is 30.1 Å². The summed E-state index contributed by atoms with van der Waals surface area (Å²) in [6.45, 7) is 12.8. The number of fused-ring (bicyclic) bond motifs is 1. The van der Waals surface area contributed by atoms with Crippen LogP contribution in [-0.2, 0) is 6.54 Å². The molecule has 0 bridgehead atoms. The minimum absolute atomic E-state index is 0.00722. The third kappa shape index (κ3) is 13.5. The summed E-state index contributed by atoms with van der Waals surface area (Å²) in [5.74, 6) is 0. The van der Waals surface area contributed by atoms with E-state index in [2.05, 4.69) is 81.8 Å². The first-order valence-electron chi connectivity index (χ1n) is 15.7. The van der Waals surface area contributed by atoms with Gasteiger partial charge in [0.2, 0.25) is 5.52 Å². The molecule has 1 aromatic heterocycles. The largest absolute Gasteiger partial charge is 0.212 e. The van der Waals surface area contributed by atoms with Crippen LogP contribution in [0.15, 0.2) is 42.6 Å². The van der Waals surface area contributed by atoms with E-state index < -0.39 is 0 Å². The zero-order valence-electron chi connectivity index (χ0n) is 24.5. The predicted octanol–water partition coefficient (Wildman–Crippen LogP) is 11.1. The minimum Gasteiger partial charge on any atom is -0.198 e. The second kappa shape index (κ2) is 20.8. The molecular formula is C33H60BN. The molecule has 0 spiro atoms. The summed E-state index contributed by atoms with van der Waals surface area (Å²) >= 11 is 0. The van der Waals surface area contributed by atoms with Crippen LogP contribution < -0.4 is 4.57 Å². The van der Waals surface area contributed by atoms with Crippen molar-refractivity contribution in [3.63, 3.8) is 0 Å². The number of para-hydroxylation sites is 1. The van der Waals surface area contributed by atoms with E-state index in [1.165, 1.54) is 101 Å². The van der Waals surface area contributed by atoms with Gasteiger partial charge in [-0.3, -0.25) is 0 Å². The Morgan fingerprint density at radius 3 is 1.51 bits per heavy atom. The Labute approximate surface area is 220 Å². The molecule has 2 heteroatoms. The molecular weight excluding hydrogens is 421 g/mol. The second-order valence-electron chi connectivity index (χ2n) is 11.3. The van der Waals surface area contributed by atoms with E-state index in [-0.39, 0.29) is 6.15 Å². The van der Waals surface area contributed by atoms with Gasteiger partial charge >= 0.3 is 0 Å². The summed E-state index contributed by atoms with van der Waals surface area (Å²) in [6.07, 6.45) is 28.0. The Kier molecular flexibility index (Phi) is 18.9. The third-order valence-electron chi connectivity index (χ3n) is 8.22. The number of aryl methyl sites for hydroxylation is 1. The van der Waals surface area contributed by atoms with Crippen molar-refractivity contribution in [2.45, 2.75) is 156 Å². The van der Waals surface area contributed by atoms with Crippen molar-refractivity contribution >= 4 is 17.0 Å². The van der Waals surface area contributed by atoms with E-state index in [0.29, 0.717) is 0 Å². The van der Waals surface area contributed by atoms with Gasteiger partial charge < -0.3 is 0 Å². The highest BCUT2D eigenvalue weighted by atomic mass is 14.9. The number of nitrogens with zero attached hydrogens (tertiary/aromatic N) is 1. The van der Waals surface area contributed by atoms with Crippen molar-refractivity contribution in [3.8, 4) is 0 Å². The van der Waals surface area contributed by atoms with Gasteiger partial charge in [0.05, 0.1) is 0 Å². The maximum Gasteiger partial charge on any atom is 0.212 e. The zero-order valence-corrected chi connectivity index (χ0v) is 24.5. The summed E-state index contributed by atoms with van der Waals surface area (Å²) in [7, 11) is 0. The highest BCUT2D eigenvalue weighted by molar-refractivity contribution is 6.79. The summed E-state index contributed by atoms with van der Waals surface area (Å²) < 4.78 is 2.38. The Morgan fingerprint density at radius 1 is 0.514 bits per heavy atom. The molecule has 0 aliphatic carbocycles. The number of rotatable bonds is 19. The van der Waals surface area contributed by atoms with Crippen LogP contribution >= 0.6 is 0 Å². The number of aromatic nitrogens is 1. The van der Waals surface area contributed by atoms with Crippen molar-refractivity contribution in [1.29, 1.82) is 0 Å². The van der Waals surface area contributed by atoms with E-state index in [0.717, 1.165) is 6.54 Å². The van der Waals surface area contributed by atoms with Crippen LogP contribution in [0.3, 0.4) is 0 Å². The lowest BCUT2D eigenvalue weighted by atomic mass is 9.17. The Balaban J connectivity index is 0.000000351. The Morgan fingerprint density at radius 2 is 0.971 bits per heavy atom. The Bertz CT molecular complexity index is 698. The molecule has 1 heterocycles. The summed E-state index contributed by atoms with van der Waals surface area (Å²) in [6, 6.07) is 13.0. The molecule has 35 heavy (non-hydrogen) atoms. The van der Waals surface area contributed by atoms with E-state index in [4.69, 9.17) is 0 Å². The van der Waals surface area contributed by atoms with Crippen LogP contribution in [0, 0.1) is 0 Å². The van der Waals surface area contributed by atoms with Crippen LogP contribution in [-0.4, -0.2) is 6.15 Å². The number of benzene rings is 1. The normalized spacial score (nSPS) is 11.5. The van der Waals surface area contributed by atoms with Gasteiger partial charge in [-0.15, -0.1) is 0 Å². The van der Waals surface area contributed by atoms with Crippen LogP contribution in [0.4, 0.5) is 0 Å². The highest BCUT2D eigenvalue weighted by Crippen LogP contribution is 2.33. The molecule has 200 valence electrons. The molecule has 1 aromatic carbocycles. The maximum atomic E-state index is 2.38. The molecule has 0 saturated heterocycles. The van der Waals surface area contributed by atoms with Gasteiger partial charge in [0.1, 0.15) is 6.54 Å². The van der Waals surface area contributed by atoms with Gasteiger partial charge in [-0.1, -0.05) is 124 Å². The molecule has 0 saturated carbocycles. The molecule has 0 amide bonds. The second-order valence-corrected chi connectivity index (χ2v) is 11.3. The molecule has 1 nitrogen and oxygen atoms in total. The van der Waals surface area contributed by atoms with Crippen molar-refractivity contribution in [2.24, 2.45) is 0 Å². The topological polar surface area (TPSA) is 3.88 Å². The minimum atomic E-state index is -0.00722.